The molecule has 0 unspecified atom stereocenters. The monoisotopic (exact) mass is 332 g/mol. The van der Waals surface area contributed by atoms with Gasteiger partial charge in [-0.05, 0) is 13.1 Å². The van der Waals surface area contributed by atoms with Crippen molar-refractivity contribution in [2.75, 3.05) is 26.0 Å². The Kier molecular flexibility index (Phi) is 4.78. The van der Waals surface area contributed by atoms with Gasteiger partial charge in [0.1, 0.15) is 5.75 Å². The molecule has 122 valence electrons. The van der Waals surface area contributed by atoms with Crippen LogP contribution in [-0.4, -0.2) is 36.6 Å². The lowest BCUT2D eigenvalue weighted by atomic mass is 10.2. The minimum Gasteiger partial charge on any atom is -0.496 e. The number of urea groups is 1. The molecule has 6 nitrogen and oxygen atoms in total. The molecule has 0 atom stereocenters. The molecular weight excluding hydrogens is 312 g/mol. The van der Waals surface area contributed by atoms with Gasteiger partial charge in [-0.3, -0.25) is 5.32 Å². The van der Waals surface area contributed by atoms with E-state index < -0.39 is 0 Å². The van der Waals surface area contributed by atoms with Crippen molar-refractivity contribution in [2.45, 2.75) is 19.5 Å². The van der Waals surface area contributed by atoms with Crippen molar-refractivity contribution in [2.24, 2.45) is 0 Å². The van der Waals surface area contributed by atoms with E-state index in [-0.39, 0.29) is 6.03 Å². The molecule has 2 N–H and O–H groups in total. The Morgan fingerprint density at radius 1 is 1.43 bits per heavy atom. The first kappa shape index (κ1) is 15.8. The summed E-state index contributed by atoms with van der Waals surface area (Å²) in [5.74, 6) is 0.764. The highest BCUT2D eigenvalue weighted by molar-refractivity contribution is 7.15. The molecule has 0 fully saturated rings. The molecule has 2 aromatic rings. The molecule has 7 heteroatoms. The SMILES string of the molecule is COc1ccccc1CNC(=O)Nc1nc2c(s1)CN(C)CC2. The maximum absolute atomic E-state index is 12.1. The fraction of sp³-hybridized carbons (Fsp3) is 0.375. The lowest BCUT2D eigenvalue weighted by Gasteiger charge is -2.20. The number of likely N-dealkylation sites (N-methyl/N-ethyl adjacent to an activating group) is 1. The number of rotatable bonds is 4. The molecule has 1 aliphatic heterocycles. The van der Waals surface area contributed by atoms with Crippen LogP contribution in [0.15, 0.2) is 24.3 Å². The van der Waals surface area contributed by atoms with Gasteiger partial charge >= 0.3 is 6.03 Å². The van der Waals surface area contributed by atoms with E-state index in [4.69, 9.17) is 4.74 Å². The van der Waals surface area contributed by atoms with E-state index in [9.17, 15) is 4.79 Å². The van der Waals surface area contributed by atoms with Crippen molar-refractivity contribution in [3.05, 3.63) is 40.4 Å². The minimum atomic E-state index is -0.254. The number of nitrogens with one attached hydrogen (secondary N) is 2. The van der Waals surface area contributed by atoms with E-state index in [1.165, 1.54) is 4.88 Å². The van der Waals surface area contributed by atoms with Gasteiger partial charge < -0.3 is 15.0 Å². The van der Waals surface area contributed by atoms with Gasteiger partial charge in [-0.2, -0.15) is 0 Å². The van der Waals surface area contributed by atoms with E-state index in [2.05, 4.69) is 27.6 Å². The van der Waals surface area contributed by atoms with Gasteiger partial charge in [-0.15, -0.1) is 11.3 Å². The van der Waals surface area contributed by atoms with Gasteiger partial charge in [0.15, 0.2) is 5.13 Å². The summed E-state index contributed by atoms with van der Waals surface area (Å²) in [7, 11) is 3.71. The quantitative estimate of drug-likeness (QED) is 0.903. The number of aromatic nitrogens is 1. The highest BCUT2D eigenvalue weighted by Crippen LogP contribution is 2.27. The number of ether oxygens (including phenoxy) is 1. The van der Waals surface area contributed by atoms with Crippen LogP contribution in [0.5, 0.6) is 5.75 Å². The van der Waals surface area contributed by atoms with Crippen LogP contribution in [0.1, 0.15) is 16.1 Å². The number of methoxy groups -OCH3 is 1. The zero-order chi connectivity index (χ0) is 16.2. The fourth-order valence-electron chi connectivity index (χ4n) is 2.54. The van der Waals surface area contributed by atoms with Gasteiger partial charge in [0, 0.05) is 36.5 Å². The molecule has 2 heterocycles. The summed E-state index contributed by atoms with van der Waals surface area (Å²) in [5, 5.41) is 6.31. The molecule has 0 saturated carbocycles. The number of hydrogen-bond acceptors (Lipinski definition) is 5. The van der Waals surface area contributed by atoms with Crippen LogP contribution < -0.4 is 15.4 Å². The zero-order valence-electron chi connectivity index (χ0n) is 13.3. The molecule has 23 heavy (non-hydrogen) atoms. The molecule has 0 bridgehead atoms. The van der Waals surface area contributed by atoms with Gasteiger partial charge in [0.25, 0.3) is 0 Å². The first-order valence-corrected chi connectivity index (χ1v) is 8.31. The third-order valence-electron chi connectivity index (χ3n) is 3.77. The second-order valence-electron chi connectivity index (χ2n) is 5.50. The van der Waals surface area contributed by atoms with Gasteiger partial charge in [-0.25, -0.2) is 9.78 Å². The number of hydrogen-bond donors (Lipinski definition) is 2. The molecule has 3 rings (SSSR count). The standard InChI is InChI=1S/C16H20N4O2S/c1-20-8-7-12-14(10-20)23-16(18-12)19-15(21)17-9-11-5-3-4-6-13(11)22-2/h3-6H,7-10H2,1-2H3,(H2,17,18,19,21). The van der Waals surface area contributed by atoms with E-state index in [1.807, 2.05) is 24.3 Å². The average Bonchev–Trinajstić information content (AvgIpc) is 2.94. The highest BCUT2D eigenvalue weighted by atomic mass is 32.1. The summed E-state index contributed by atoms with van der Waals surface area (Å²) in [6.07, 6.45) is 0.937. The Morgan fingerprint density at radius 2 is 2.26 bits per heavy atom. The van der Waals surface area contributed by atoms with Crippen LogP contribution in [0.25, 0.3) is 0 Å². The first-order chi connectivity index (χ1) is 11.2. The topological polar surface area (TPSA) is 66.5 Å². The number of carbonyl (C=O) groups excluding carboxylic acids is 1. The van der Waals surface area contributed by atoms with Crippen LogP contribution in [0, 0.1) is 0 Å². The molecule has 0 aliphatic carbocycles. The second-order valence-corrected chi connectivity index (χ2v) is 6.58. The van der Waals surface area contributed by atoms with Crippen molar-refractivity contribution in [3.8, 4) is 5.75 Å². The number of nitrogens with zero attached hydrogens (tertiary/aromatic N) is 2. The maximum Gasteiger partial charge on any atom is 0.321 e. The zero-order valence-corrected chi connectivity index (χ0v) is 14.1. The summed E-state index contributed by atoms with van der Waals surface area (Å²) in [6.45, 7) is 2.32. The van der Waals surface area contributed by atoms with Crippen molar-refractivity contribution >= 4 is 22.5 Å². The van der Waals surface area contributed by atoms with Crippen LogP contribution in [0.4, 0.5) is 9.93 Å². The van der Waals surface area contributed by atoms with Crippen molar-refractivity contribution in [3.63, 3.8) is 0 Å². The van der Waals surface area contributed by atoms with Crippen LogP contribution in [0.3, 0.4) is 0 Å². The first-order valence-electron chi connectivity index (χ1n) is 7.49. The molecule has 0 radical (unpaired) electrons. The molecule has 0 saturated heterocycles. The summed E-state index contributed by atoms with van der Waals surface area (Å²) >= 11 is 1.55. The number of amides is 2. The van der Waals surface area contributed by atoms with Crippen LogP contribution >= 0.6 is 11.3 Å². The normalized spacial score (nSPS) is 14.2. The van der Waals surface area contributed by atoms with E-state index >= 15 is 0 Å². The summed E-state index contributed by atoms with van der Waals surface area (Å²) in [6, 6.07) is 7.37. The number of anilines is 1. The third-order valence-corrected chi connectivity index (χ3v) is 4.77. The fourth-order valence-corrected chi connectivity index (χ4v) is 3.63. The smallest absolute Gasteiger partial charge is 0.321 e. The number of para-hydroxylation sites is 1. The molecule has 0 spiro atoms. The van der Waals surface area contributed by atoms with E-state index in [0.29, 0.717) is 11.7 Å². The summed E-state index contributed by atoms with van der Waals surface area (Å²) < 4.78 is 5.27. The highest BCUT2D eigenvalue weighted by Gasteiger charge is 2.19. The van der Waals surface area contributed by atoms with E-state index in [0.717, 1.165) is 36.5 Å². The molecular formula is C16H20N4O2S. The predicted octanol–water partition coefficient (Wildman–Crippen LogP) is 2.46. The summed E-state index contributed by atoms with van der Waals surface area (Å²) in [4.78, 5) is 20.1. The molecule has 1 aliphatic rings. The Morgan fingerprint density at radius 3 is 3.09 bits per heavy atom. The number of fused-ring (bicyclic) bond motifs is 1. The third kappa shape index (κ3) is 3.80. The number of carbonyl (C=O) groups is 1. The van der Waals surface area contributed by atoms with Crippen molar-refractivity contribution in [1.29, 1.82) is 0 Å². The van der Waals surface area contributed by atoms with Crippen molar-refractivity contribution < 1.29 is 9.53 Å². The van der Waals surface area contributed by atoms with Crippen LogP contribution in [-0.2, 0) is 19.5 Å². The Hall–Kier alpha value is -2.12. The van der Waals surface area contributed by atoms with Gasteiger partial charge in [0.2, 0.25) is 0 Å². The lowest BCUT2D eigenvalue weighted by molar-refractivity contribution is 0.251. The minimum absolute atomic E-state index is 0.254. The Bertz CT molecular complexity index is 701. The van der Waals surface area contributed by atoms with Crippen molar-refractivity contribution in [1.82, 2.24) is 15.2 Å². The van der Waals surface area contributed by atoms with Gasteiger partial charge in [-0.1, -0.05) is 18.2 Å². The van der Waals surface area contributed by atoms with Gasteiger partial charge in [0.05, 0.1) is 12.8 Å². The average molecular weight is 332 g/mol. The second kappa shape index (κ2) is 6.97. The van der Waals surface area contributed by atoms with Crippen LogP contribution in [0.2, 0.25) is 0 Å². The summed E-state index contributed by atoms with van der Waals surface area (Å²) in [5.41, 5.74) is 2.04. The molecule has 1 aromatic heterocycles. The molecule has 1 aromatic carbocycles. The number of thiazole rings is 1. The largest absolute Gasteiger partial charge is 0.496 e. The number of benzene rings is 1. The molecule has 2 amide bonds. The lowest BCUT2D eigenvalue weighted by Crippen LogP contribution is -2.28. The Balaban J connectivity index is 1.57. The maximum atomic E-state index is 12.1. The van der Waals surface area contributed by atoms with E-state index in [1.54, 1.807) is 18.4 Å². The predicted molar refractivity (Wildman–Crippen MR) is 91.0 cm³/mol. The Labute approximate surface area is 139 Å².